The highest BCUT2D eigenvalue weighted by Gasteiger charge is 2.38. The molecule has 0 amide bonds. The first-order valence-corrected chi connectivity index (χ1v) is 12.7. The molecular weight excluding hydrogens is 461 g/mol. The third-order valence-electron chi connectivity index (χ3n) is 6.01. The molecule has 2 aliphatic rings. The van der Waals surface area contributed by atoms with E-state index in [1.165, 1.54) is 16.8 Å². The normalized spacial score (nSPS) is 17.1. The minimum Gasteiger partial charge on any atom is -0.461 e. The van der Waals surface area contributed by atoms with Gasteiger partial charge in [-0.3, -0.25) is 4.90 Å². The number of ether oxygens (including phenoxy) is 2. The van der Waals surface area contributed by atoms with E-state index in [0.717, 1.165) is 31.3 Å². The molecule has 1 fully saturated rings. The highest BCUT2D eigenvalue weighted by molar-refractivity contribution is 7.91. The molecule has 2 aliphatic heterocycles. The summed E-state index contributed by atoms with van der Waals surface area (Å²) in [7, 11) is -4.00. The third-order valence-corrected chi connectivity index (χ3v) is 7.72. The lowest BCUT2D eigenvalue weighted by atomic mass is 10.0. The minimum atomic E-state index is -4.00. The summed E-state index contributed by atoms with van der Waals surface area (Å²) in [6.07, 6.45) is 0. The van der Waals surface area contributed by atoms with Crippen molar-refractivity contribution < 1.29 is 27.1 Å². The Morgan fingerprint density at radius 2 is 1.88 bits per heavy atom. The first-order valence-electron chi connectivity index (χ1n) is 11.1. The van der Waals surface area contributed by atoms with Crippen LogP contribution < -0.4 is 0 Å². The Morgan fingerprint density at radius 1 is 1.15 bits per heavy atom. The van der Waals surface area contributed by atoms with Crippen LogP contribution >= 0.6 is 0 Å². The Morgan fingerprint density at radius 3 is 2.59 bits per heavy atom. The SMILES string of the molecule is CCOC(=O)c1nn(-c2ccc(CN3CCOCC3)cc2)c2c1CS(=O)(=O)c1c(F)cccc1-2. The predicted molar refractivity (Wildman–Crippen MR) is 122 cm³/mol. The molecular formula is C24H24FN3O5S. The van der Waals surface area contributed by atoms with Gasteiger partial charge in [0.25, 0.3) is 0 Å². The Balaban J connectivity index is 1.61. The van der Waals surface area contributed by atoms with E-state index >= 15 is 0 Å². The largest absolute Gasteiger partial charge is 0.461 e. The van der Waals surface area contributed by atoms with E-state index in [0.29, 0.717) is 24.6 Å². The van der Waals surface area contributed by atoms with Gasteiger partial charge in [-0.1, -0.05) is 24.3 Å². The Kier molecular flexibility index (Phi) is 5.97. The maximum Gasteiger partial charge on any atom is 0.359 e. The molecule has 0 atom stereocenters. The molecule has 178 valence electrons. The van der Waals surface area contributed by atoms with Gasteiger partial charge in [0.15, 0.2) is 15.5 Å². The average molecular weight is 486 g/mol. The van der Waals surface area contributed by atoms with Crippen LogP contribution in [0.2, 0.25) is 0 Å². The van der Waals surface area contributed by atoms with Gasteiger partial charge in [0.05, 0.1) is 37.0 Å². The molecule has 1 saturated heterocycles. The molecule has 0 radical (unpaired) electrons. The monoisotopic (exact) mass is 485 g/mol. The van der Waals surface area contributed by atoms with E-state index in [-0.39, 0.29) is 28.3 Å². The summed E-state index contributed by atoms with van der Waals surface area (Å²) in [6, 6.07) is 11.8. The Hall–Kier alpha value is -3.08. The highest BCUT2D eigenvalue weighted by Crippen LogP contribution is 2.41. The number of nitrogens with zero attached hydrogens (tertiary/aromatic N) is 3. The number of esters is 1. The molecule has 0 saturated carbocycles. The summed E-state index contributed by atoms with van der Waals surface area (Å²) < 4.78 is 52.5. The van der Waals surface area contributed by atoms with Gasteiger partial charge in [0, 0.05) is 30.8 Å². The number of hydrogen-bond acceptors (Lipinski definition) is 7. The van der Waals surface area contributed by atoms with Crippen LogP contribution in [0.1, 0.15) is 28.5 Å². The lowest BCUT2D eigenvalue weighted by molar-refractivity contribution is 0.0342. The Labute approximate surface area is 196 Å². The van der Waals surface area contributed by atoms with E-state index in [1.807, 2.05) is 24.3 Å². The minimum absolute atomic E-state index is 0.0762. The first kappa shape index (κ1) is 22.7. The summed E-state index contributed by atoms with van der Waals surface area (Å²) in [5, 5.41) is 4.45. The number of hydrogen-bond donors (Lipinski definition) is 0. The van der Waals surface area contributed by atoms with Crippen molar-refractivity contribution in [3.05, 3.63) is 65.1 Å². The molecule has 0 aliphatic carbocycles. The number of carbonyl (C=O) groups is 1. The lowest BCUT2D eigenvalue weighted by Gasteiger charge is -2.26. The van der Waals surface area contributed by atoms with Gasteiger partial charge >= 0.3 is 5.97 Å². The van der Waals surface area contributed by atoms with E-state index in [4.69, 9.17) is 9.47 Å². The fourth-order valence-corrected chi connectivity index (χ4v) is 6.11. The van der Waals surface area contributed by atoms with Crippen LogP contribution in [0.3, 0.4) is 0 Å². The molecule has 0 N–H and O–H groups in total. The van der Waals surface area contributed by atoms with Crippen LogP contribution in [0.5, 0.6) is 0 Å². The zero-order chi connectivity index (χ0) is 23.9. The molecule has 34 heavy (non-hydrogen) atoms. The van der Waals surface area contributed by atoms with E-state index in [1.54, 1.807) is 6.92 Å². The van der Waals surface area contributed by atoms with E-state index in [9.17, 15) is 17.6 Å². The van der Waals surface area contributed by atoms with Crippen molar-refractivity contribution in [2.24, 2.45) is 0 Å². The third kappa shape index (κ3) is 4.02. The van der Waals surface area contributed by atoms with Crippen molar-refractivity contribution in [1.82, 2.24) is 14.7 Å². The lowest BCUT2D eigenvalue weighted by Crippen LogP contribution is -2.35. The summed E-state index contributed by atoms with van der Waals surface area (Å²) in [5.41, 5.74) is 2.44. The zero-order valence-corrected chi connectivity index (χ0v) is 19.5. The second-order valence-corrected chi connectivity index (χ2v) is 10.2. The molecule has 1 aromatic heterocycles. The van der Waals surface area contributed by atoms with Crippen molar-refractivity contribution in [2.75, 3.05) is 32.9 Å². The predicted octanol–water partition coefficient (Wildman–Crippen LogP) is 2.97. The van der Waals surface area contributed by atoms with Crippen LogP contribution in [0, 0.1) is 5.82 Å². The van der Waals surface area contributed by atoms with Crippen LogP contribution in [0.25, 0.3) is 16.9 Å². The van der Waals surface area contributed by atoms with Crippen molar-refractivity contribution in [3.63, 3.8) is 0 Å². The molecule has 2 aromatic carbocycles. The van der Waals surface area contributed by atoms with Crippen molar-refractivity contribution in [2.45, 2.75) is 24.1 Å². The summed E-state index contributed by atoms with van der Waals surface area (Å²) in [6.45, 7) is 5.73. The maximum atomic E-state index is 14.6. The fraction of sp³-hybridized carbons (Fsp3) is 0.333. The van der Waals surface area contributed by atoms with E-state index < -0.39 is 27.4 Å². The van der Waals surface area contributed by atoms with Gasteiger partial charge in [0.1, 0.15) is 10.7 Å². The second-order valence-electron chi connectivity index (χ2n) is 8.24. The van der Waals surface area contributed by atoms with Gasteiger partial charge in [0.2, 0.25) is 0 Å². The number of aromatic nitrogens is 2. The van der Waals surface area contributed by atoms with Crippen LogP contribution in [0.15, 0.2) is 47.4 Å². The average Bonchev–Trinajstić information content (AvgIpc) is 3.19. The molecule has 0 bridgehead atoms. The zero-order valence-electron chi connectivity index (χ0n) is 18.7. The first-order chi connectivity index (χ1) is 16.4. The van der Waals surface area contributed by atoms with Gasteiger partial charge in [-0.15, -0.1) is 0 Å². The number of fused-ring (bicyclic) bond motifs is 3. The maximum absolute atomic E-state index is 14.6. The van der Waals surface area contributed by atoms with Crippen molar-refractivity contribution in [1.29, 1.82) is 0 Å². The number of morpholine rings is 1. The van der Waals surface area contributed by atoms with Gasteiger partial charge in [-0.05, 0) is 30.7 Å². The summed E-state index contributed by atoms with van der Waals surface area (Å²) >= 11 is 0. The molecule has 10 heteroatoms. The summed E-state index contributed by atoms with van der Waals surface area (Å²) in [5.74, 6) is -2.06. The fourth-order valence-electron chi connectivity index (χ4n) is 4.45. The molecule has 0 unspecified atom stereocenters. The molecule has 3 heterocycles. The van der Waals surface area contributed by atoms with Crippen molar-refractivity contribution in [3.8, 4) is 16.9 Å². The number of benzene rings is 2. The molecule has 0 spiro atoms. The quantitative estimate of drug-likeness (QED) is 0.513. The number of sulfone groups is 1. The summed E-state index contributed by atoms with van der Waals surface area (Å²) in [4.78, 5) is 14.6. The molecule has 5 rings (SSSR count). The topological polar surface area (TPSA) is 90.7 Å². The van der Waals surface area contributed by atoms with Gasteiger partial charge in [-0.25, -0.2) is 22.3 Å². The smallest absolute Gasteiger partial charge is 0.359 e. The molecule has 3 aromatic rings. The number of carbonyl (C=O) groups excluding carboxylic acids is 1. The van der Waals surface area contributed by atoms with Crippen molar-refractivity contribution >= 4 is 15.8 Å². The van der Waals surface area contributed by atoms with Gasteiger partial charge < -0.3 is 9.47 Å². The highest BCUT2D eigenvalue weighted by atomic mass is 32.2. The molecule has 8 nitrogen and oxygen atoms in total. The van der Waals surface area contributed by atoms with Crippen LogP contribution in [-0.2, 0) is 31.6 Å². The van der Waals surface area contributed by atoms with Gasteiger partial charge in [-0.2, -0.15) is 5.10 Å². The Bertz CT molecular complexity index is 1350. The van der Waals surface area contributed by atoms with Crippen LogP contribution in [-0.4, -0.2) is 62.0 Å². The number of rotatable bonds is 5. The van der Waals surface area contributed by atoms with E-state index in [2.05, 4.69) is 10.00 Å². The standard InChI is InChI=1S/C24H24FN3O5S/c1-2-33-24(29)21-19-15-34(30,31)23-18(4-3-5-20(23)25)22(19)28(26-21)17-8-6-16(7-9-17)14-27-10-12-32-13-11-27/h3-9H,2,10-15H2,1H3. The number of halogens is 1. The second kappa shape index (κ2) is 8.94. The van der Waals surface area contributed by atoms with Crippen LogP contribution in [0.4, 0.5) is 4.39 Å².